The summed E-state index contributed by atoms with van der Waals surface area (Å²) in [4.78, 5) is 11.1. The van der Waals surface area contributed by atoms with Crippen LogP contribution >= 0.6 is 7.80 Å². The van der Waals surface area contributed by atoms with Crippen molar-refractivity contribution in [2.24, 2.45) is 0 Å². The van der Waals surface area contributed by atoms with Crippen molar-refractivity contribution >= 4 is 24.4 Å². The van der Waals surface area contributed by atoms with E-state index in [2.05, 4.69) is 0 Å². The van der Waals surface area contributed by atoms with Gasteiger partial charge >= 0.3 is 5.97 Å². The molecular weight excluding hydrogens is 251 g/mol. The van der Waals surface area contributed by atoms with E-state index < -0.39 is 13.8 Å². The van der Waals surface area contributed by atoms with E-state index in [0.29, 0.717) is 0 Å². The average molecular weight is 262 g/mol. The quantitative estimate of drug-likeness (QED) is 0.824. The molecule has 2 aromatic rings. The third-order valence-corrected chi connectivity index (χ3v) is 4.39. The number of hydrogen-bond acceptors (Lipinski definition) is 3. The van der Waals surface area contributed by atoms with Crippen LogP contribution in [0.1, 0.15) is 10.4 Å². The van der Waals surface area contributed by atoms with Crippen LogP contribution in [0, 0.1) is 0 Å². The van der Waals surface area contributed by atoms with Gasteiger partial charge in [-0.3, -0.25) is 0 Å². The fourth-order valence-corrected chi connectivity index (χ4v) is 3.21. The Morgan fingerprint density at radius 2 is 1.50 bits per heavy atom. The van der Waals surface area contributed by atoms with Crippen molar-refractivity contribution in [2.45, 2.75) is 0 Å². The maximum Gasteiger partial charge on any atom is 0.336 e. The highest BCUT2D eigenvalue weighted by atomic mass is 31.1. The molecule has 92 valence electrons. The number of carboxylic acids is 1. The largest absolute Gasteiger partial charge is 0.507 e. The summed E-state index contributed by atoms with van der Waals surface area (Å²) >= 11 is 0. The van der Waals surface area contributed by atoms with Gasteiger partial charge in [0.15, 0.2) is 0 Å². The summed E-state index contributed by atoms with van der Waals surface area (Å²) in [5, 5.41) is 19.2. The monoisotopic (exact) mass is 262 g/mol. The molecule has 0 saturated carbocycles. The van der Waals surface area contributed by atoms with Gasteiger partial charge in [0, 0.05) is 5.30 Å². The van der Waals surface area contributed by atoms with Gasteiger partial charge in [-0.05, 0) is 18.2 Å². The van der Waals surface area contributed by atoms with Crippen molar-refractivity contribution in [1.82, 2.24) is 0 Å². The Labute approximate surface area is 104 Å². The maximum atomic E-state index is 12.4. The smallest absolute Gasteiger partial charge is 0.336 e. The molecule has 0 aliphatic heterocycles. The van der Waals surface area contributed by atoms with E-state index in [1.807, 2.05) is 0 Å². The first-order valence-electron chi connectivity index (χ1n) is 5.26. The topological polar surface area (TPSA) is 74.6 Å². The molecule has 0 aromatic heterocycles. The lowest BCUT2D eigenvalue weighted by Crippen LogP contribution is -2.15. The molecule has 0 amide bonds. The van der Waals surface area contributed by atoms with E-state index >= 15 is 0 Å². The molecule has 4 nitrogen and oxygen atoms in total. The van der Waals surface area contributed by atoms with Gasteiger partial charge in [0.1, 0.15) is 13.6 Å². The summed E-state index contributed by atoms with van der Waals surface area (Å²) in [6.07, 6.45) is 0. The van der Waals surface area contributed by atoms with Crippen LogP contribution < -0.4 is 10.6 Å². The van der Waals surface area contributed by atoms with Crippen molar-refractivity contribution in [3.63, 3.8) is 0 Å². The molecule has 0 spiro atoms. The van der Waals surface area contributed by atoms with Crippen molar-refractivity contribution < 1.29 is 19.6 Å². The van der Waals surface area contributed by atoms with Crippen molar-refractivity contribution in [2.75, 3.05) is 0 Å². The van der Waals surface area contributed by atoms with Crippen molar-refractivity contribution in [1.29, 1.82) is 0 Å². The summed E-state index contributed by atoms with van der Waals surface area (Å²) in [6, 6.07) is 12.4. The first kappa shape index (κ1) is 12.4. The minimum atomic E-state index is -2.53. The number of para-hydroxylation sites is 1. The number of carboxylic acid groups (broad SMARTS) is 1. The van der Waals surface area contributed by atoms with Gasteiger partial charge in [-0.2, -0.15) is 0 Å². The van der Waals surface area contributed by atoms with Crippen LogP contribution in [0.2, 0.25) is 0 Å². The standard InChI is InChI=1S/C13H11O4P/c14-10-6-2-4-8-12(10)18(17)11-7-3-1-5-9(11)13(15)16/h1-8,14,18H,(H,15,16). The molecular formula is C13H11O4P. The number of carbonyl (C=O) groups is 1. The number of benzene rings is 2. The van der Waals surface area contributed by atoms with Crippen molar-refractivity contribution in [3.8, 4) is 5.75 Å². The highest BCUT2D eigenvalue weighted by Gasteiger charge is 2.17. The lowest BCUT2D eigenvalue weighted by atomic mass is 10.2. The molecule has 0 aliphatic carbocycles. The Kier molecular flexibility index (Phi) is 3.49. The van der Waals surface area contributed by atoms with Gasteiger partial charge in [-0.1, -0.05) is 30.3 Å². The van der Waals surface area contributed by atoms with Gasteiger partial charge in [-0.15, -0.1) is 0 Å². The summed E-state index contributed by atoms with van der Waals surface area (Å²) in [7, 11) is -2.53. The second kappa shape index (κ2) is 5.07. The van der Waals surface area contributed by atoms with Gasteiger partial charge in [0.05, 0.1) is 10.9 Å². The minimum absolute atomic E-state index is 0.00430. The third-order valence-electron chi connectivity index (χ3n) is 2.55. The molecule has 0 aliphatic rings. The SMILES string of the molecule is O=C(O)c1ccccc1[PH](=O)c1ccccc1O. The van der Waals surface area contributed by atoms with Crippen LogP contribution in [0.25, 0.3) is 0 Å². The molecule has 1 unspecified atom stereocenters. The Balaban J connectivity index is 2.54. The normalized spacial score (nSPS) is 12.0. The Morgan fingerprint density at radius 3 is 2.11 bits per heavy atom. The van der Waals surface area contributed by atoms with Gasteiger partial charge in [0.2, 0.25) is 0 Å². The third kappa shape index (κ3) is 2.29. The molecule has 0 radical (unpaired) electrons. The Morgan fingerprint density at radius 1 is 0.944 bits per heavy atom. The minimum Gasteiger partial charge on any atom is -0.507 e. The number of phenols is 1. The van der Waals surface area contributed by atoms with E-state index in [-0.39, 0.29) is 21.9 Å². The number of rotatable bonds is 3. The predicted octanol–water partition coefficient (Wildman–Crippen LogP) is 1.60. The molecule has 1 atom stereocenters. The van der Waals surface area contributed by atoms with Crippen molar-refractivity contribution in [3.05, 3.63) is 54.1 Å². The first-order chi connectivity index (χ1) is 8.61. The average Bonchev–Trinajstić information content (AvgIpc) is 2.38. The summed E-state index contributed by atoms with van der Waals surface area (Å²) in [5.41, 5.74) is 0.00430. The molecule has 2 rings (SSSR count). The van der Waals surface area contributed by atoms with E-state index in [1.54, 1.807) is 24.3 Å². The zero-order valence-electron chi connectivity index (χ0n) is 9.33. The summed E-state index contributed by atoms with van der Waals surface area (Å²) in [6.45, 7) is 0. The van der Waals surface area contributed by atoms with Crippen LogP contribution in [0.4, 0.5) is 0 Å². The van der Waals surface area contributed by atoms with Crippen LogP contribution in [-0.2, 0) is 4.57 Å². The second-order valence-electron chi connectivity index (χ2n) is 3.70. The van der Waals surface area contributed by atoms with Gasteiger partial charge < -0.3 is 14.8 Å². The zero-order valence-corrected chi connectivity index (χ0v) is 10.3. The first-order valence-corrected chi connectivity index (χ1v) is 6.67. The molecule has 0 heterocycles. The highest BCUT2D eigenvalue weighted by molar-refractivity contribution is 7.61. The van der Waals surface area contributed by atoms with Crippen LogP contribution in [0.15, 0.2) is 48.5 Å². The molecule has 0 fully saturated rings. The number of phenolic OH excluding ortho intramolecular Hbond substituents is 1. The molecule has 0 bridgehead atoms. The second-order valence-corrected chi connectivity index (χ2v) is 5.43. The fraction of sp³-hybridized carbons (Fsp3) is 0. The predicted molar refractivity (Wildman–Crippen MR) is 69.8 cm³/mol. The molecule has 5 heteroatoms. The van der Waals surface area contributed by atoms with Crippen LogP contribution in [0.5, 0.6) is 5.75 Å². The molecule has 2 aromatic carbocycles. The molecule has 2 N–H and O–H groups in total. The van der Waals surface area contributed by atoms with Gasteiger partial charge in [0.25, 0.3) is 0 Å². The van der Waals surface area contributed by atoms with E-state index in [4.69, 9.17) is 5.11 Å². The molecule has 0 saturated heterocycles. The Hall–Kier alpha value is -2.06. The number of aromatic hydroxyl groups is 1. The lowest BCUT2D eigenvalue weighted by Gasteiger charge is -2.07. The summed E-state index contributed by atoms with van der Waals surface area (Å²) in [5.74, 6) is -1.21. The fourth-order valence-electron chi connectivity index (χ4n) is 1.68. The van der Waals surface area contributed by atoms with Crippen LogP contribution in [0.3, 0.4) is 0 Å². The van der Waals surface area contributed by atoms with E-state index in [1.165, 1.54) is 24.3 Å². The lowest BCUT2D eigenvalue weighted by molar-refractivity contribution is 0.0698. The zero-order chi connectivity index (χ0) is 13.1. The maximum absolute atomic E-state index is 12.4. The van der Waals surface area contributed by atoms with E-state index in [9.17, 15) is 14.5 Å². The number of hydrogen-bond donors (Lipinski definition) is 2. The van der Waals surface area contributed by atoms with Crippen LogP contribution in [-0.4, -0.2) is 16.2 Å². The Bertz CT molecular complexity index is 622. The number of aromatic carboxylic acids is 1. The van der Waals surface area contributed by atoms with E-state index in [0.717, 1.165) is 0 Å². The highest BCUT2D eigenvalue weighted by Crippen LogP contribution is 2.26. The molecule has 18 heavy (non-hydrogen) atoms. The summed E-state index contributed by atoms with van der Waals surface area (Å²) < 4.78 is 12.4. The van der Waals surface area contributed by atoms with Gasteiger partial charge in [-0.25, -0.2) is 4.79 Å².